The number of nitrogens with zero attached hydrogens (tertiary/aromatic N) is 1. The first-order chi connectivity index (χ1) is 6.54. The van der Waals surface area contributed by atoms with Gasteiger partial charge < -0.3 is 10.1 Å². The van der Waals surface area contributed by atoms with Crippen molar-refractivity contribution in [2.24, 2.45) is 0 Å². The van der Waals surface area contributed by atoms with Gasteiger partial charge in [0.25, 0.3) is 0 Å². The molecule has 0 aliphatic carbocycles. The Morgan fingerprint density at radius 2 is 2.29 bits per heavy atom. The lowest BCUT2D eigenvalue weighted by Gasteiger charge is -2.10. The number of fused-ring (bicyclic) bond motifs is 1. The van der Waals surface area contributed by atoms with Crippen LogP contribution in [0.3, 0.4) is 0 Å². The minimum absolute atomic E-state index is 0.0737. The third kappa shape index (κ3) is 1.02. The highest BCUT2D eigenvalue weighted by Gasteiger charge is 2.30. The van der Waals surface area contributed by atoms with Crippen molar-refractivity contribution in [3.8, 4) is 0 Å². The highest BCUT2D eigenvalue weighted by molar-refractivity contribution is 8.18. The molecule has 2 heterocycles. The minimum Gasteiger partial charge on any atom is -0.472 e. The van der Waals surface area contributed by atoms with Gasteiger partial charge in [0.15, 0.2) is 0 Å². The molecule has 0 saturated carbocycles. The van der Waals surface area contributed by atoms with E-state index in [1.807, 2.05) is 0 Å². The zero-order chi connectivity index (χ0) is 10.3. The molecule has 2 N–H and O–H groups in total. The van der Waals surface area contributed by atoms with Gasteiger partial charge in [-0.1, -0.05) is 0 Å². The standard InChI is InChI=1S/C7H6N2O4S/c10-6-8-3-5-4(9-6)1-2-14(5,13)7(11)12/h1-3,14H,(H,11,12)(H,8,9,10). The zero-order valence-corrected chi connectivity index (χ0v) is 7.69. The summed E-state index contributed by atoms with van der Waals surface area (Å²) < 4.78 is 11.8. The maximum absolute atomic E-state index is 11.8. The second-order valence-electron chi connectivity index (χ2n) is 2.74. The lowest BCUT2D eigenvalue weighted by atomic mass is 10.4. The van der Waals surface area contributed by atoms with Crippen LogP contribution in [-0.2, 0) is 9.93 Å². The first-order valence-electron chi connectivity index (χ1n) is 3.66. The quantitative estimate of drug-likeness (QED) is 0.519. The van der Waals surface area contributed by atoms with Crippen molar-refractivity contribution in [1.29, 1.82) is 0 Å². The van der Waals surface area contributed by atoms with Crippen LogP contribution in [0.25, 0.3) is 6.08 Å². The lowest BCUT2D eigenvalue weighted by Crippen LogP contribution is -2.20. The molecule has 0 atom stereocenters. The smallest absolute Gasteiger partial charge is 0.379 e. The van der Waals surface area contributed by atoms with Crippen LogP contribution in [0.4, 0.5) is 4.79 Å². The monoisotopic (exact) mass is 214 g/mol. The highest BCUT2D eigenvalue weighted by atomic mass is 32.2. The highest BCUT2D eigenvalue weighted by Crippen LogP contribution is 2.30. The largest absolute Gasteiger partial charge is 0.472 e. The molecule has 1 aromatic heterocycles. The van der Waals surface area contributed by atoms with E-state index >= 15 is 0 Å². The Bertz CT molecular complexity index is 545. The fourth-order valence-corrected chi connectivity index (χ4v) is 2.79. The fraction of sp³-hybridized carbons (Fsp3) is 0. The summed E-state index contributed by atoms with van der Waals surface area (Å²) in [5.74, 6) is 0. The number of hydrogen-bond donors (Lipinski definition) is 3. The number of thiol groups is 1. The summed E-state index contributed by atoms with van der Waals surface area (Å²) in [5, 5.41) is 8.45. The molecular weight excluding hydrogens is 208 g/mol. The van der Waals surface area contributed by atoms with E-state index in [-0.39, 0.29) is 10.6 Å². The molecular formula is C7H6N2O4S. The fourth-order valence-electron chi connectivity index (χ4n) is 1.22. The van der Waals surface area contributed by atoms with Crippen LogP contribution in [0.1, 0.15) is 5.69 Å². The number of nitrogens with one attached hydrogen (secondary N) is 1. The molecule has 1 aromatic rings. The number of carboxylic acid groups (broad SMARTS) is 1. The van der Waals surface area contributed by atoms with Crippen LogP contribution >= 0.6 is 0 Å². The lowest BCUT2D eigenvalue weighted by molar-refractivity contribution is 0.220. The SMILES string of the molecule is O=C(O)[SH]1(=O)C=Cc2[nH]c(=O)ncc21. The summed E-state index contributed by atoms with van der Waals surface area (Å²) >= 11 is 0. The Morgan fingerprint density at radius 3 is 2.93 bits per heavy atom. The van der Waals surface area contributed by atoms with Gasteiger partial charge in [-0.3, -0.25) is 4.21 Å². The van der Waals surface area contributed by atoms with Crippen molar-refractivity contribution >= 4 is 21.3 Å². The van der Waals surface area contributed by atoms with Crippen molar-refractivity contribution in [2.45, 2.75) is 4.90 Å². The number of aromatic amines is 1. The second kappa shape index (κ2) is 2.61. The maximum Gasteiger partial charge on any atom is 0.379 e. The molecule has 7 heteroatoms. The van der Waals surface area contributed by atoms with Gasteiger partial charge in [-0.2, -0.15) is 0 Å². The molecule has 74 valence electrons. The zero-order valence-electron chi connectivity index (χ0n) is 6.80. The van der Waals surface area contributed by atoms with Crippen molar-refractivity contribution in [3.05, 3.63) is 27.8 Å². The summed E-state index contributed by atoms with van der Waals surface area (Å²) in [5.41, 5.74) is -0.331. The molecule has 1 aliphatic rings. The van der Waals surface area contributed by atoms with E-state index in [1.165, 1.54) is 6.08 Å². The Labute approximate surface area is 78.7 Å². The maximum atomic E-state index is 11.8. The molecule has 0 bridgehead atoms. The summed E-state index contributed by atoms with van der Waals surface area (Å²) in [4.78, 5) is 27.2. The topological polar surface area (TPSA) is 100 Å². The van der Waals surface area contributed by atoms with Gasteiger partial charge in [0.05, 0.1) is 10.6 Å². The summed E-state index contributed by atoms with van der Waals surface area (Å²) in [6.45, 7) is 0. The van der Waals surface area contributed by atoms with Crippen LogP contribution in [0.15, 0.2) is 21.3 Å². The van der Waals surface area contributed by atoms with Gasteiger partial charge in [-0.15, -0.1) is 0 Å². The number of hydrogen-bond acceptors (Lipinski definition) is 4. The molecule has 0 unspecified atom stereocenters. The van der Waals surface area contributed by atoms with Gasteiger partial charge in [0.2, 0.25) is 0 Å². The molecule has 0 aromatic carbocycles. The predicted molar refractivity (Wildman–Crippen MR) is 49.7 cm³/mol. The van der Waals surface area contributed by atoms with E-state index in [9.17, 15) is 13.8 Å². The predicted octanol–water partition coefficient (Wildman–Crippen LogP) is -0.192. The van der Waals surface area contributed by atoms with Crippen LogP contribution in [0.5, 0.6) is 0 Å². The van der Waals surface area contributed by atoms with E-state index in [2.05, 4.69) is 9.97 Å². The second-order valence-corrected chi connectivity index (χ2v) is 5.22. The Kier molecular flexibility index (Phi) is 1.65. The number of rotatable bonds is 0. The van der Waals surface area contributed by atoms with Gasteiger partial charge in [-0.25, -0.2) is 14.6 Å². The van der Waals surface area contributed by atoms with E-state index < -0.39 is 20.9 Å². The molecule has 14 heavy (non-hydrogen) atoms. The molecule has 6 nitrogen and oxygen atoms in total. The molecule has 0 fully saturated rings. The summed E-state index contributed by atoms with van der Waals surface area (Å²) in [7, 11) is -3.55. The van der Waals surface area contributed by atoms with Gasteiger partial charge in [-0.05, 0) is 11.5 Å². The van der Waals surface area contributed by atoms with Crippen LogP contribution in [0, 0.1) is 0 Å². The van der Waals surface area contributed by atoms with Gasteiger partial charge >= 0.3 is 11.0 Å². The molecule has 0 amide bonds. The van der Waals surface area contributed by atoms with Crippen molar-refractivity contribution in [3.63, 3.8) is 0 Å². The van der Waals surface area contributed by atoms with E-state index in [0.717, 1.165) is 11.6 Å². The average Bonchev–Trinajstić information content (AvgIpc) is 2.45. The van der Waals surface area contributed by atoms with Crippen molar-refractivity contribution in [2.75, 3.05) is 0 Å². The third-order valence-electron chi connectivity index (χ3n) is 1.91. The number of carbonyl (C=O) groups is 1. The molecule has 0 saturated heterocycles. The van der Waals surface area contributed by atoms with Gasteiger partial charge in [0, 0.05) is 16.1 Å². The van der Waals surface area contributed by atoms with Crippen LogP contribution in [0.2, 0.25) is 0 Å². The third-order valence-corrected chi connectivity index (χ3v) is 4.12. The van der Waals surface area contributed by atoms with E-state index in [0.29, 0.717) is 0 Å². The van der Waals surface area contributed by atoms with E-state index in [1.54, 1.807) is 0 Å². The summed E-state index contributed by atoms with van der Waals surface area (Å²) in [6.07, 6.45) is 2.37. The Hall–Kier alpha value is -1.76. The minimum atomic E-state index is -3.55. The molecule has 0 spiro atoms. The van der Waals surface area contributed by atoms with Gasteiger partial charge in [0.1, 0.15) is 0 Å². The molecule has 2 rings (SSSR count). The Morgan fingerprint density at radius 1 is 1.57 bits per heavy atom. The number of aromatic nitrogens is 2. The summed E-state index contributed by atoms with van der Waals surface area (Å²) in [6, 6.07) is 0. The average molecular weight is 214 g/mol. The first-order valence-corrected chi connectivity index (χ1v) is 5.44. The van der Waals surface area contributed by atoms with E-state index in [4.69, 9.17) is 5.11 Å². The Balaban J connectivity index is 2.73. The normalized spacial score (nSPS) is 18.9. The van der Waals surface area contributed by atoms with Crippen molar-refractivity contribution in [1.82, 2.24) is 9.97 Å². The van der Waals surface area contributed by atoms with Crippen molar-refractivity contribution < 1.29 is 14.1 Å². The van der Waals surface area contributed by atoms with Crippen LogP contribution < -0.4 is 5.69 Å². The first kappa shape index (κ1) is 8.82. The number of H-pyrrole nitrogens is 1. The molecule has 1 aliphatic heterocycles. The van der Waals surface area contributed by atoms with Crippen LogP contribution in [-0.4, -0.2) is 24.6 Å². The molecule has 0 radical (unpaired) electrons.